The molecule has 0 heterocycles. The van der Waals surface area contributed by atoms with Crippen molar-refractivity contribution in [3.8, 4) is 0 Å². The summed E-state index contributed by atoms with van der Waals surface area (Å²) in [4.78, 5) is 2.59. The summed E-state index contributed by atoms with van der Waals surface area (Å²) in [6.07, 6.45) is 5.53. The molecule has 0 saturated heterocycles. The van der Waals surface area contributed by atoms with Crippen LogP contribution in [0, 0.1) is 6.92 Å². The van der Waals surface area contributed by atoms with E-state index in [2.05, 4.69) is 42.3 Å². The zero-order valence-electron chi connectivity index (χ0n) is 12.0. The van der Waals surface area contributed by atoms with Crippen LogP contribution in [0.4, 0.5) is 5.69 Å². The second-order valence-corrected chi connectivity index (χ2v) is 5.37. The molecular weight excluding hydrogens is 220 g/mol. The van der Waals surface area contributed by atoms with Crippen molar-refractivity contribution in [2.45, 2.75) is 52.1 Å². The van der Waals surface area contributed by atoms with Gasteiger partial charge in [-0.1, -0.05) is 18.9 Å². The normalized spacial score (nSPS) is 16.2. The maximum absolute atomic E-state index is 3.23. The lowest BCUT2D eigenvalue weighted by molar-refractivity contribution is 0.619. The van der Waals surface area contributed by atoms with Gasteiger partial charge in [0.1, 0.15) is 0 Å². The van der Waals surface area contributed by atoms with Crippen molar-refractivity contribution in [2.24, 2.45) is 0 Å². The monoisotopic (exact) mass is 246 g/mol. The predicted molar refractivity (Wildman–Crippen MR) is 79.2 cm³/mol. The molecule has 0 amide bonds. The van der Waals surface area contributed by atoms with Crippen molar-refractivity contribution >= 4 is 5.69 Å². The molecule has 0 aromatic heterocycles. The van der Waals surface area contributed by atoms with E-state index in [4.69, 9.17) is 0 Å². The first-order chi connectivity index (χ1) is 8.76. The largest absolute Gasteiger partial charge is 0.369 e. The summed E-state index contributed by atoms with van der Waals surface area (Å²) in [6, 6.07) is 7.69. The van der Waals surface area contributed by atoms with Crippen molar-refractivity contribution in [1.29, 1.82) is 0 Å². The number of rotatable bonds is 5. The van der Waals surface area contributed by atoms with Gasteiger partial charge in [0, 0.05) is 24.8 Å². The molecule has 1 aromatic rings. The lowest BCUT2D eigenvalue weighted by Gasteiger charge is -2.30. The van der Waals surface area contributed by atoms with Crippen LogP contribution in [0.1, 0.15) is 43.7 Å². The van der Waals surface area contributed by atoms with Crippen LogP contribution < -0.4 is 10.2 Å². The summed E-state index contributed by atoms with van der Waals surface area (Å²) in [5.41, 5.74) is 4.21. The molecule has 18 heavy (non-hydrogen) atoms. The molecule has 1 N–H and O–H groups in total. The molecule has 0 atom stereocenters. The molecule has 0 aliphatic heterocycles. The van der Waals surface area contributed by atoms with Crippen LogP contribution in [0.5, 0.6) is 0 Å². The van der Waals surface area contributed by atoms with Gasteiger partial charge in [0.2, 0.25) is 0 Å². The van der Waals surface area contributed by atoms with E-state index >= 15 is 0 Å². The third-order valence-electron chi connectivity index (χ3n) is 4.13. The predicted octanol–water partition coefficient (Wildman–Crippen LogP) is 3.48. The van der Waals surface area contributed by atoms with Crippen molar-refractivity contribution in [3.05, 3.63) is 29.3 Å². The maximum atomic E-state index is 3.23. The average molecular weight is 246 g/mol. The molecule has 0 bridgehead atoms. The highest BCUT2D eigenvalue weighted by molar-refractivity contribution is 5.51. The third-order valence-corrected chi connectivity index (χ3v) is 4.13. The first-order valence-corrected chi connectivity index (χ1v) is 7.27. The Morgan fingerprint density at radius 1 is 1.28 bits per heavy atom. The highest BCUT2D eigenvalue weighted by atomic mass is 15.2. The van der Waals surface area contributed by atoms with E-state index < -0.39 is 0 Å². The number of nitrogens with one attached hydrogen (secondary N) is 1. The van der Waals surface area contributed by atoms with E-state index in [1.54, 1.807) is 0 Å². The van der Waals surface area contributed by atoms with Gasteiger partial charge in [0.05, 0.1) is 0 Å². The number of nitrogens with zero attached hydrogens (tertiary/aromatic N) is 1. The Bertz CT molecular complexity index is 381. The Labute approximate surface area is 111 Å². The highest BCUT2D eigenvalue weighted by Gasteiger charge is 2.21. The van der Waals surface area contributed by atoms with Gasteiger partial charge in [-0.3, -0.25) is 0 Å². The van der Waals surface area contributed by atoms with Gasteiger partial charge in [0.25, 0.3) is 0 Å². The van der Waals surface area contributed by atoms with Gasteiger partial charge in [-0.15, -0.1) is 0 Å². The second-order valence-electron chi connectivity index (χ2n) is 5.37. The molecule has 2 rings (SSSR count). The second kappa shape index (κ2) is 6.24. The minimum absolute atomic E-state index is 0.768. The smallest absolute Gasteiger partial charge is 0.0371 e. The Kier molecular flexibility index (Phi) is 4.65. The van der Waals surface area contributed by atoms with Gasteiger partial charge in [-0.25, -0.2) is 0 Å². The van der Waals surface area contributed by atoms with Crippen molar-refractivity contribution in [1.82, 2.24) is 5.32 Å². The van der Waals surface area contributed by atoms with Crippen LogP contribution in [0.15, 0.2) is 18.2 Å². The quantitative estimate of drug-likeness (QED) is 0.855. The fraction of sp³-hybridized carbons (Fsp3) is 0.625. The van der Waals surface area contributed by atoms with Crippen molar-refractivity contribution < 1.29 is 0 Å². The standard InChI is InChI=1S/C16H26N2/c1-4-18(15-7-5-6-8-15)16-10-9-14(12-17-3)13(2)11-16/h9-11,15,17H,4-8,12H2,1-3H3. The lowest BCUT2D eigenvalue weighted by atomic mass is 10.1. The number of aryl methyl sites for hydroxylation is 1. The SMILES string of the molecule is CCN(c1ccc(CNC)c(C)c1)C1CCCC1. The molecule has 1 aromatic carbocycles. The Balaban J connectivity index is 2.17. The molecule has 0 spiro atoms. The molecule has 1 aliphatic rings. The number of hydrogen-bond donors (Lipinski definition) is 1. The molecule has 1 saturated carbocycles. The summed E-state index contributed by atoms with van der Waals surface area (Å²) in [5.74, 6) is 0. The Morgan fingerprint density at radius 3 is 2.56 bits per heavy atom. The molecule has 100 valence electrons. The van der Waals surface area contributed by atoms with Gasteiger partial charge in [-0.05, 0) is 57.0 Å². The molecule has 2 heteroatoms. The fourth-order valence-corrected chi connectivity index (χ4v) is 3.12. The summed E-state index contributed by atoms with van der Waals surface area (Å²) >= 11 is 0. The van der Waals surface area contributed by atoms with Crippen LogP contribution in [0.2, 0.25) is 0 Å². The van der Waals surface area contributed by atoms with Crippen molar-refractivity contribution in [2.75, 3.05) is 18.5 Å². The van der Waals surface area contributed by atoms with E-state index in [0.717, 1.165) is 19.1 Å². The first-order valence-electron chi connectivity index (χ1n) is 7.27. The van der Waals surface area contributed by atoms with Gasteiger partial charge >= 0.3 is 0 Å². The van der Waals surface area contributed by atoms with Crippen LogP contribution in [0.3, 0.4) is 0 Å². The summed E-state index contributed by atoms with van der Waals surface area (Å²) in [7, 11) is 2.00. The van der Waals surface area contributed by atoms with E-state index in [0.29, 0.717) is 0 Å². The van der Waals surface area contributed by atoms with Crippen LogP contribution in [-0.2, 0) is 6.54 Å². The molecule has 1 aliphatic carbocycles. The summed E-state index contributed by atoms with van der Waals surface area (Å²) in [6.45, 7) is 6.57. The van der Waals surface area contributed by atoms with Crippen LogP contribution >= 0.6 is 0 Å². The third kappa shape index (κ3) is 2.86. The topological polar surface area (TPSA) is 15.3 Å². The fourth-order valence-electron chi connectivity index (χ4n) is 3.12. The molecule has 1 fully saturated rings. The molecular formula is C16H26N2. The van der Waals surface area contributed by atoms with E-state index in [1.807, 2.05) is 7.05 Å². The van der Waals surface area contributed by atoms with Crippen LogP contribution in [0.25, 0.3) is 0 Å². The van der Waals surface area contributed by atoms with E-state index in [1.165, 1.54) is 42.5 Å². The molecule has 0 radical (unpaired) electrons. The number of benzene rings is 1. The minimum Gasteiger partial charge on any atom is -0.369 e. The van der Waals surface area contributed by atoms with Gasteiger partial charge < -0.3 is 10.2 Å². The van der Waals surface area contributed by atoms with E-state index in [-0.39, 0.29) is 0 Å². The molecule has 2 nitrogen and oxygen atoms in total. The lowest BCUT2D eigenvalue weighted by Crippen LogP contribution is -2.33. The first kappa shape index (κ1) is 13.4. The van der Waals surface area contributed by atoms with E-state index in [9.17, 15) is 0 Å². The van der Waals surface area contributed by atoms with Crippen LogP contribution in [-0.4, -0.2) is 19.6 Å². The Morgan fingerprint density at radius 2 is 2.00 bits per heavy atom. The maximum Gasteiger partial charge on any atom is 0.0371 e. The minimum atomic E-state index is 0.768. The number of hydrogen-bond acceptors (Lipinski definition) is 2. The summed E-state index contributed by atoms with van der Waals surface area (Å²) in [5, 5.41) is 3.23. The molecule has 0 unspecified atom stereocenters. The van der Waals surface area contributed by atoms with Gasteiger partial charge in [-0.2, -0.15) is 0 Å². The Hall–Kier alpha value is -1.02. The average Bonchev–Trinajstić information content (AvgIpc) is 2.87. The number of anilines is 1. The zero-order valence-corrected chi connectivity index (χ0v) is 12.0. The van der Waals surface area contributed by atoms with Gasteiger partial charge in [0.15, 0.2) is 0 Å². The highest BCUT2D eigenvalue weighted by Crippen LogP contribution is 2.29. The summed E-state index contributed by atoms with van der Waals surface area (Å²) < 4.78 is 0. The van der Waals surface area contributed by atoms with Crippen molar-refractivity contribution in [3.63, 3.8) is 0 Å². The zero-order chi connectivity index (χ0) is 13.0.